The van der Waals surface area contributed by atoms with Crippen molar-refractivity contribution in [2.45, 2.75) is 6.42 Å². The number of halogens is 1. The molecule has 0 aliphatic carbocycles. The molecule has 3 rings (SSSR count). The van der Waals surface area contributed by atoms with Crippen LogP contribution in [0.5, 0.6) is 5.75 Å². The fraction of sp³-hybridized carbons (Fsp3) is 0.348. The van der Waals surface area contributed by atoms with Gasteiger partial charge >= 0.3 is 11.8 Å². The average molecular weight is 456 g/mol. The first-order chi connectivity index (χ1) is 15.5. The molecule has 0 atom stereocenters. The molecule has 1 heterocycles. The third kappa shape index (κ3) is 6.13. The molecule has 168 valence electrons. The molecule has 2 amide bonds. The zero-order chi connectivity index (χ0) is 22.9. The van der Waals surface area contributed by atoms with E-state index in [1.165, 1.54) is 12.1 Å². The van der Waals surface area contributed by atoms with E-state index in [4.69, 9.17) is 21.6 Å². The SMILES string of the molecule is COc1ccccc1N1CCN(CCCNC(=O)C(=O)Nc2cc(Cl)ccc2C#N)CC1. The van der Waals surface area contributed by atoms with Gasteiger partial charge in [-0.15, -0.1) is 0 Å². The van der Waals surface area contributed by atoms with E-state index in [1.54, 1.807) is 13.2 Å². The molecule has 9 heteroatoms. The van der Waals surface area contributed by atoms with E-state index >= 15 is 0 Å². The molecule has 0 bridgehead atoms. The lowest BCUT2D eigenvalue weighted by atomic mass is 10.2. The minimum Gasteiger partial charge on any atom is -0.495 e. The number of benzene rings is 2. The molecule has 32 heavy (non-hydrogen) atoms. The standard InChI is InChI=1S/C23H26ClN5O3/c1-32-21-6-3-2-5-20(21)29-13-11-28(12-14-29)10-4-9-26-22(30)23(31)27-19-15-18(24)8-7-17(19)16-25/h2-3,5-8,15H,4,9-14H2,1H3,(H,26,30)(H,27,31). The Morgan fingerprint density at radius 3 is 2.59 bits per heavy atom. The minimum absolute atomic E-state index is 0.216. The molecular formula is C23H26ClN5O3. The van der Waals surface area contributed by atoms with Gasteiger partial charge in [0.25, 0.3) is 0 Å². The third-order valence-electron chi connectivity index (χ3n) is 5.29. The van der Waals surface area contributed by atoms with Crippen molar-refractivity contribution < 1.29 is 14.3 Å². The van der Waals surface area contributed by atoms with E-state index in [9.17, 15) is 9.59 Å². The number of carbonyl (C=O) groups excluding carboxylic acids is 2. The molecule has 0 spiro atoms. The fourth-order valence-corrected chi connectivity index (χ4v) is 3.76. The van der Waals surface area contributed by atoms with Gasteiger partial charge in [-0.1, -0.05) is 23.7 Å². The number of hydrogen-bond donors (Lipinski definition) is 2. The maximum Gasteiger partial charge on any atom is 0.313 e. The van der Waals surface area contributed by atoms with Gasteiger partial charge < -0.3 is 20.3 Å². The summed E-state index contributed by atoms with van der Waals surface area (Å²) in [5.74, 6) is -0.689. The quantitative estimate of drug-likeness (QED) is 0.491. The highest BCUT2D eigenvalue weighted by Crippen LogP contribution is 2.28. The minimum atomic E-state index is -0.825. The Morgan fingerprint density at radius 1 is 1.12 bits per heavy atom. The summed E-state index contributed by atoms with van der Waals surface area (Å²) < 4.78 is 5.45. The number of carbonyl (C=O) groups is 2. The highest BCUT2D eigenvalue weighted by atomic mass is 35.5. The number of methoxy groups -OCH3 is 1. The number of ether oxygens (including phenoxy) is 1. The Morgan fingerprint density at radius 2 is 1.88 bits per heavy atom. The van der Waals surface area contributed by atoms with Crippen LogP contribution >= 0.6 is 11.6 Å². The molecule has 8 nitrogen and oxygen atoms in total. The third-order valence-corrected chi connectivity index (χ3v) is 5.53. The number of amides is 2. The number of nitrogens with one attached hydrogen (secondary N) is 2. The van der Waals surface area contributed by atoms with Gasteiger partial charge in [0.1, 0.15) is 11.8 Å². The van der Waals surface area contributed by atoms with Crippen molar-refractivity contribution in [2.24, 2.45) is 0 Å². The van der Waals surface area contributed by atoms with E-state index in [1.807, 2.05) is 24.3 Å². The lowest BCUT2D eigenvalue weighted by Gasteiger charge is -2.36. The van der Waals surface area contributed by atoms with Crippen LogP contribution in [0.1, 0.15) is 12.0 Å². The van der Waals surface area contributed by atoms with Crippen molar-refractivity contribution in [2.75, 3.05) is 56.6 Å². The first kappa shape index (κ1) is 23.4. The molecule has 2 aromatic rings. The average Bonchev–Trinajstić information content (AvgIpc) is 2.82. The lowest BCUT2D eigenvalue weighted by molar-refractivity contribution is -0.136. The van der Waals surface area contributed by atoms with Gasteiger partial charge in [0, 0.05) is 37.7 Å². The van der Waals surface area contributed by atoms with Gasteiger partial charge in [-0.05, 0) is 43.3 Å². The summed E-state index contributed by atoms with van der Waals surface area (Å²) in [4.78, 5) is 28.8. The van der Waals surface area contributed by atoms with Crippen LogP contribution < -0.4 is 20.3 Å². The molecule has 2 aromatic carbocycles. The second kappa shape index (κ2) is 11.4. The van der Waals surface area contributed by atoms with E-state index in [0.717, 1.165) is 50.6 Å². The van der Waals surface area contributed by atoms with Crippen LogP contribution in [0.15, 0.2) is 42.5 Å². The number of rotatable bonds is 7. The predicted octanol–water partition coefficient (Wildman–Crippen LogP) is 2.49. The molecule has 0 radical (unpaired) electrons. The maximum absolute atomic E-state index is 12.1. The molecule has 1 fully saturated rings. The fourth-order valence-electron chi connectivity index (χ4n) is 3.58. The normalized spacial score (nSPS) is 13.8. The van der Waals surface area contributed by atoms with Crippen molar-refractivity contribution in [3.05, 3.63) is 53.1 Å². The number of anilines is 2. The maximum atomic E-state index is 12.1. The first-order valence-corrected chi connectivity index (χ1v) is 10.8. The van der Waals surface area contributed by atoms with E-state index in [-0.39, 0.29) is 11.3 Å². The number of para-hydroxylation sites is 2. The Balaban J connectivity index is 1.38. The molecule has 2 N–H and O–H groups in total. The van der Waals surface area contributed by atoms with Crippen molar-refractivity contribution in [1.29, 1.82) is 5.26 Å². The Kier molecular flexibility index (Phi) is 8.31. The van der Waals surface area contributed by atoms with Gasteiger partial charge in [-0.2, -0.15) is 5.26 Å². The van der Waals surface area contributed by atoms with Crippen molar-refractivity contribution >= 4 is 34.8 Å². The van der Waals surface area contributed by atoms with Crippen LogP contribution in [0.2, 0.25) is 5.02 Å². The summed E-state index contributed by atoms with van der Waals surface area (Å²) in [5, 5.41) is 14.5. The van der Waals surface area contributed by atoms with Gasteiger partial charge in [0.2, 0.25) is 0 Å². The molecule has 1 aliphatic rings. The van der Waals surface area contributed by atoms with Gasteiger partial charge in [-0.25, -0.2) is 0 Å². The van der Waals surface area contributed by atoms with Crippen LogP contribution in [0, 0.1) is 11.3 Å². The van der Waals surface area contributed by atoms with Crippen LogP contribution in [0.25, 0.3) is 0 Å². The molecule has 0 saturated carbocycles. The summed E-state index contributed by atoms with van der Waals surface area (Å²) in [6, 6.07) is 14.4. The summed E-state index contributed by atoms with van der Waals surface area (Å²) in [6.07, 6.45) is 0.730. The van der Waals surface area contributed by atoms with Crippen LogP contribution in [-0.4, -0.2) is 63.1 Å². The molecule has 0 aromatic heterocycles. The number of nitriles is 1. The smallest absolute Gasteiger partial charge is 0.313 e. The zero-order valence-corrected chi connectivity index (χ0v) is 18.7. The summed E-state index contributed by atoms with van der Waals surface area (Å²) in [6.45, 7) is 4.84. The van der Waals surface area contributed by atoms with Crippen LogP contribution in [0.3, 0.4) is 0 Å². The number of nitrogens with zero attached hydrogens (tertiary/aromatic N) is 3. The summed E-state index contributed by atoms with van der Waals surface area (Å²) in [5.41, 5.74) is 1.56. The highest BCUT2D eigenvalue weighted by Gasteiger charge is 2.20. The molecular weight excluding hydrogens is 430 g/mol. The second-order valence-electron chi connectivity index (χ2n) is 7.37. The largest absolute Gasteiger partial charge is 0.495 e. The van der Waals surface area contributed by atoms with Gasteiger partial charge in [0.05, 0.1) is 24.0 Å². The van der Waals surface area contributed by atoms with E-state index in [0.29, 0.717) is 11.6 Å². The number of hydrogen-bond acceptors (Lipinski definition) is 6. The monoisotopic (exact) mass is 455 g/mol. The Labute approximate surface area is 192 Å². The van der Waals surface area contributed by atoms with E-state index < -0.39 is 11.8 Å². The van der Waals surface area contributed by atoms with Crippen molar-refractivity contribution in [1.82, 2.24) is 10.2 Å². The van der Waals surface area contributed by atoms with Crippen LogP contribution in [-0.2, 0) is 9.59 Å². The first-order valence-electron chi connectivity index (χ1n) is 10.4. The lowest BCUT2D eigenvalue weighted by Crippen LogP contribution is -2.47. The zero-order valence-electron chi connectivity index (χ0n) is 17.9. The van der Waals surface area contributed by atoms with Gasteiger partial charge in [0.15, 0.2) is 0 Å². The predicted molar refractivity (Wildman–Crippen MR) is 124 cm³/mol. The second-order valence-corrected chi connectivity index (χ2v) is 7.80. The summed E-state index contributed by atoms with van der Waals surface area (Å²) >= 11 is 5.90. The Bertz CT molecular complexity index is 999. The van der Waals surface area contributed by atoms with Crippen LogP contribution in [0.4, 0.5) is 11.4 Å². The number of piperazine rings is 1. The molecule has 1 saturated heterocycles. The van der Waals surface area contributed by atoms with Crippen molar-refractivity contribution in [3.8, 4) is 11.8 Å². The molecule has 0 unspecified atom stereocenters. The van der Waals surface area contributed by atoms with E-state index in [2.05, 4.69) is 26.5 Å². The highest BCUT2D eigenvalue weighted by molar-refractivity contribution is 6.40. The topological polar surface area (TPSA) is 97.7 Å². The van der Waals surface area contributed by atoms with Crippen molar-refractivity contribution in [3.63, 3.8) is 0 Å². The summed E-state index contributed by atoms with van der Waals surface area (Å²) in [7, 11) is 1.68. The Hall–Kier alpha value is -3.28. The van der Waals surface area contributed by atoms with Gasteiger partial charge in [-0.3, -0.25) is 14.5 Å². The molecule has 1 aliphatic heterocycles.